The van der Waals surface area contributed by atoms with Crippen LogP contribution < -0.4 is 0 Å². The molecule has 25 heteroatoms. The molecule has 10 aliphatic rings. The van der Waals surface area contributed by atoms with Gasteiger partial charge in [-0.05, 0) is 235 Å². The molecule has 10 nitrogen and oxygen atoms in total. The molecule has 15 rings (SSSR count). The summed E-state index contributed by atoms with van der Waals surface area (Å²) in [6, 6.07) is 31.6. The Hall–Kier alpha value is 0.766. The molecule has 5 aromatic rings. The summed E-state index contributed by atoms with van der Waals surface area (Å²) in [6.07, 6.45) is 38.9. The molecule has 552 valence electrons. The number of aryl methyl sites for hydroxylation is 5. The fraction of sp³-hybridized carbons (Fsp3) is 0.545. The van der Waals surface area contributed by atoms with Crippen LogP contribution in [0.25, 0.3) is 0 Å². The quantitative estimate of drug-likeness (QED) is 0.0878. The minimum absolute atomic E-state index is 0.370. The first-order valence-electron chi connectivity index (χ1n) is 35.7. The predicted molar refractivity (Wildman–Crippen MR) is 416 cm³/mol. The Morgan fingerprint density at radius 2 is 0.500 bits per heavy atom. The van der Waals surface area contributed by atoms with Crippen LogP contribution in [0.3, 0.4) is 0 Å². The van der Waals surface area contributed by atoms with Crippen molar-refractivity contribution < 1.29 is 130 Å². The number of aromatic hydroxyl groups is 5. The van der Waals surface area contributed by atoms with Crippen LogP contribution in [0.1, 0.15) is 197 Å². The first-order chi connectivity index (χ1) is 49.3. The van der Waals surface area contributed by atoms with Crippen LogP contribution in [-0.4, -0.2) is 86.8 Å². The summed E-state index contributed by atoms with van der Waals surface area (Å²) in [5.74, 6) is 11.2. The number of rotatable bonds is 10. The van der Waals surface area contributed by atoms with Crippen molar-refractivity contribution in [2.75, 3.05) is 0 Å². The van der Waals surface area contributed by atoms with Gasteiger partial charge in [-0.2, -0.15) is 0 Å². The number of aliphatic imine (C=N–C) groups is 5. The first-order valence-corrected chi connectivity index (χ1v) is 67.3. The predicted octanol–water partition coefficient (Wildman–Crippen LogP) is 24.2. The normalized spacial score (nSPS) is 27.4. The van der Waals surface area contributed by atoms with Gasteiger partial charge in [0.2, 0.25) is 0 Å². The number of fused-ring (bicyclic) bond motifs is 5. The van der Waals surface area contributed by atoms with E-state index in [9.17, 15) is 25.5 Å². The molecule has 0 radical (unpaired) electrons. The summed E-state index contributed by atoms with van der Waals surface area (Å²) in [5, 5.41) is 49.6. The van der Waals surface area contributed by atoms with E-state index in [1.54, 1.807) is 0 Å². The second kappa shape index (κ2) is 50.7. The number of para-hydroxylation sites is 5. The second-order valence-electron chi connectivity index (χ2n) is 28.6. The van der Waals surface area contributed by atoms with Crippen molar-refractivity contribution >= 4 is 116 Å². The molecule has 10 aliphatic carbocycles. The number of nitrogens with zero attached hydrogens (tertiary/aromatic N) is 5. The molecular weight excluding hydrogens is 1890 g/mol. The van der Waals surface area contributed by atoms with E-state index >= 15 is 0 Å². The van der Waals surface area contributed by atoms with E-state index in [0.717, 1.165) is 115 Å². The molecule has 0 bridgehead atoms. The molecule has 10 fully saturated rings. The third-order valence-electron chi connectivity index (χ3n) is 22.1. The number of phenols is 5. The van der Waals surface area contributed by atoms with E-state index in [-0.39, 0.29) is 0 Å². The molecule has 0 aromatic heterocycles. The molecule has 5 aromatic carbocycles. The Labute approximate surface area is 701 Å². The SMILES string of the molecule is Cc1cccc(C=NC2CC3CC3C2)c1O.Cc1cccc(C=NC2CC3CCC3C2)c1O.Cc1cccc(C=NC2CC3CCCC3C2)c1O.Cc1cccc(C=NC2CC3CCCCC3C2)c1O.Cc1cccc(C=NC2CCCC3CC32)c1O.[Cl][Zr][Cl].[Cl][Zr][Cl].[Cl][Zr][Cl].[Cl][Zr][Cl].[Cl][Zr][Cl]. The van der Waals surface area contributed by atoms with Gasteiger partial charge in [-0.25, -0.2) is 0 Å². The second-order valence-corrected chi connectivity index (χ2v) is 47.2. The van der Waals surface area contributed by atoms with Gasteiger partial charge in [0.25, 0.3) is 0 Å². The standard InChI is InChI=1S/C17H23NO.C16H21NO.2C15H19NO.C14H17NO.10ClH.5Zr/c1-12-5-4-8-15(17(12)19)11-18-16-9-13-6-2-3-7-14(13)10-16;1-11-4-2-7-14(16(11)18)10-17-15-8-12-5-3-6-13(12)9-15;1-10-4-2-6-12(15(10)17)9-16-14-7-3-5-11-8-13(11)14;1-10-3-2-4-13(15(10)17)9-16-14-7-11-5-6-12(11)8-14;1-9-3-2-4-10(14(9)16)8-15-13-6-11-5-12(11)7-13;;;;;;;;;;;;;;;/h4-5,8,11,13-14,16,19H,2-3,6-7,9-10H2,1H3;2,4,7,10,12-13,15,18H,3,5-6,8-9H2,1H3;2,4,6,9,11,13-14,17H,3,5,7-8H2,1H3;2-4,9,11-12,14,17H,5-8H2,1H3;2-4,8,11-13,16H,5-7H2,1H3;10*1H;;;;;/q;;;;;;;;;;;;;;;5*+2/p-10. The Morgan fingerprint density at radius 1 is 0.275 bits per heavy atom. The van der Waals surface area contributed by atoms with Crippen LogP contribution in [-0.2, 0) is 104 Å². The van der Waals surface area contributed by atoms with Crippen molar-refractivity contribution in [3.63, 3.8) is 0 Å². The van der Waals surface area contributed by atoms with Crippen LogP contribution in [0, 0.1) is 93.8 Å². The Kier molecular flexibility index (Phi) is 45.5. The summed E-state index contributed by atoms with van der Waals surface area (Å²) in [7, 11) is 49.3. The van der Waals surface area contributed by atoms with Crippen molar-refractivity contribution in [2.45, 2.75) is 206 Å². The van der Waals surface area contributed by atoms with Crippen molar-refractivity contribution in [3.8, 4) is 28.7 Å². The zero-order valence-corrected chi connectivity index (χ0v) is 78.9. The summed E-state index contributed by atoms with van der Waals surface area (Å²) in [5.41, 5.74) is 8.85. The molecule has 0 spiro atoms. The molecular formula is C77H99Cl10N5O5Zr5. The van der Waals surface area contributed by atoms with E-state index in [1.807, 2.05) is 157 Å². The fourth-order valence-corrected chi connectivity index (χ4v) is 16.4. The minimum atomic E-state index is -0.826. The van der Waals surface area contributed by atoms with Crippen molar-refractivity contribution in [1.29, 1.82) is 0 Å². The average molecular weight is 1990 g/mol. The number of hydrogen-bond donors (Lipinski definition) is 5. The van der Waals surface area contributed by atoms with Gasteiger partial charge >= 0.3 is 189 Å². The number of phenolic OH excluding ortho intramolecular Hbond substituents is 5. The first kappa shape index (κ1) is 91.6. The maximum absolute atomic E-state index is 9.99. The van der Waals surface area contributed by atoms with Crippen molar-refractivity contribution in [1.82, 2.24) is 0 Å². The number of hydrogen-bond acceptors (Lipinski definition) is 10. The van der Waals surface area contributed by atoms with Gasteiger partial charge in [0.05, 0.1) is 30.2 Å². The van der Waals surface area contributed by atoms with Gasteiger partial charge in [-0.15, -0.1) is 0 Å². The third kappa shape index (κ3) is 31.0. The number of halogens is 10. The van der Waals surface area contributed by atoms with Gasteiger partial charge in [-0.3, -0.25) is 25.0 Å². The fourth-order valence-electron chi connectivity index (χ4n) is 16.4. The summed E-state index contributed by atoms with van der Waals surface area (Å²) in [4.78, 5) is 23.4. The Morgan fingerprint density at radius 3 is 0.775 bits per heavy atom. The van der Waals surface area contributed by atoms with E-state index < -0.39 is 104 Å². The van der Waals surface area contributed by atoms with Gasteiger partial charge < -0.3 is 25.5 Å². The topological polar surface area (TPSA) is 163 Å². The molecule has 5 N–H and O–H groups in total. The Bertz CT molecular complexity index is 3400. The molecule has 10 saturated carbocycles. The van der Waals surface area contributed by atoms with Crippen LogP contribution in [0.15, 0.2) is 116 Å². The van der Waals surface area contributed by atoms with Crippen LogP contribution >= 0.6 is 85.1 Å². The third-order valence-corrected chi connectivity index (χ3v) is 22.1. The maximum atomic E-state index is 9.99. The van der Waals surface area contributed by atoms with Crippen LogP contribution in [0.2, 0.25) is 0 Å². The van der Waals surface area contributed by atoms with Crippen molar-refractivity contribution in [2.24, 2.45) is 84.1 Å². The van der Waals surface area contributed by atoms with E-state index in [0.29, 0.717) is 59.0 Å². The van der Waals surface area contributed by atoms with Gasteiger partial charge in [0.1, 0.15) is 28.7 Å². The van der Waals surface area contributed by atoms with Gasteiger partial charge in [-0.1, -0.05) is 118 Å². The molecule has 0 amide bonds. The van der Waals surface area contributed by atoms with E-state index in [2.05, 4.69) is 9.98 Å². The zero-order chi connectivity index (χ0) is 74.1. The number of benzene rings is 5. The molecule has 0 aliphatic heterocycles. The molecule has 102 heavy (non-hydrogen) atoms. The van der Waals surface area contributed by atoms with E-state index in [4.69, 9.17) is 100 Å². The van der Waals surface area contributed by atoms with Crippen LogP contribution in [0.5, 0.6) is 28.7 Å². The monoisotopic (exact) mass is 1970 g/mol. The van der Waals surface area contributed by atoms with Gasteiger partial charge in [0.15, 0.2) is 0 Å². The molecule has 11 unspecified atom stereocenters. The summed E-state index contributed by atoms with van der Waals surface area (Å²) < 4.78 is 0. The molecule has 0 saturated heterocycles. The molecule has 11 atom stereocenters. The Balaban J connectivity index is 0.000000191. The van der Waals surface area contributed by atoms with Gasteiger partial charge in [0, 0.05) is 58.9 Å². The summed E-state index contributed by atoms with van der Waals surface area (Å²) >= 11 is -4.13. The van der Waals surface area contributed by atoms with E-state index in [1.165, 1.54) is 141 Å². The molecule has 0 heterocycles. The van der Waals surface area contributed by atoms with Crippen molar-refractivity contribution in [3.05, 3.63) is 147 Å². The summed E-state index contributed by atoms with van der Waals surface area (Å²) in [6.45, 7) is 9.60. The van der Waals surface area contributed by atoms with Crippen LogP contribution in [0.4, 0.5) is 0 Å². The average Bonchev–Trinajstić information content (AvgIpc) is 1.65. The zero-order valence-electron chi connectivity index (χ0n) is 59.0.